The first-order valence-corrected chi connectivity index (χ1v) is 6.00. The molecule has 20 heavy (non-hydrogen) atoms. The summed E-state index contributed by atoms with van der Waals surface area (Å²) in [6.07, 6.45) is 0.648. The van der Waals surface area contributed by atoms with Crippen LogP contribution in [0.2, 0.25) is 0 Å². The van der Waals surface area contributed by atoms with E-state index in [0.29, 0.717) is 17.8 Å². The van der Waals surface area contributed by atoms with E-state index in [2.05, 4.69) is 14.7 Å². The van der Waals surface area contributed by atoms with Crippen LogP contribution in [0.5, 0.6) is 0 Å². The number of aliphatic hydroxyl groups is 1. The van der Waals surface area contributed by atoms with Gasteiger partial charge < -0.3 is 14.8 Å². The molecule has 108 valence electrons. The molecular weight excluding hydrogens is 266 g/mol. The number of nitrogens with zero attached hydrogens (tertiary/aromatic N) is 1. The minimum atomic E-state index is -0.799. The lowest BCUT2D eigenvalue weighted by Gasteiger charge is -2.28. The van der Waals surface area contributed by atoms with Gasteiger partial charge in [0.05, 0.1) is 13.2 Å². The number of aromatic nitrogens is 2. The number of aromatic amines is 2. The molecule has 1 unspecified atom stereocenters. The Morgan fingerprint density at radius 3 is 2.90 bits per heavy atom. The van der Waals surface area contributed by atoms with Gasteiger partial charge in [-0.05, 0) is 6.08 Å². The van der Waals surface area contributed by atoms with Crippen LogP contribution < -0.4 is 11.2 Å². The second kappa shape index (κ2) is 5.85. The van der Waals surface area contributed by atoms with Crippen molar-refractivity contribution in [2.45, 2.75) is 12.6 Å². The molecule has 1 aliphatic rings. The minimum absolute atomic E-state index is 0.241. The Balaban J connectivity index is 2.14. The van der Waals surface area contributed by atoms with Crippen molar-refractivity contribution >= 4 is 5.97 Å². The van der Waals surface area contributed by atoms with Crippen LogP contribution in [0.25, 0.3) is 0 Å². The number of β-amino-alcohol motifs (C(OH)–C–C–N with tert-alkyl or cyclic N) is 1. The van der Waals surface area contributed by atoms with E-state index < -0.39 is 23.3 Å². The highest BCUT2D eigenvalue weighted by atomic mass is 16.5. The molecule has 0 amide bonds. The Kier molecular flexibility index (Phi) is 4.16. The summed E-state index contributed by atoms with van der Waals surface area (Å²) in [6.45, 7) is 0.818. The van der Waals surface area contributed by atoms with Crippen LogP contribution in [0.4, 0.5) is 0 Å². The van der Waals surface area contributed by atoms with Crippen molar-refractivity contribution in [1.29, 1.82) is 0 Å². The largest absolute Gasteiger partial charge is 0.466 e. The fourth-order valence-corrected chi connectivity index (χ4v) is 2.14. The summed E-state index contributed by atoms with van der Waals surface area (Å²) < 4.78 is 4.62. The van der Waals surface area contributed by atoms with Crippen molar-refractivity contribution in [3.63, 3.8) is 0 Å². The molecule has 0 fully saturated rings. The van der Waals surface area contributed by atoms with Gasteiger partial charge in [-0.2, -0.15) is 0 Å². The van der Waals surface area contributed by atoms with Crippen molar-refractivity contribution in [1.82, 2.24) is 14.9 Å². The van der Waals surface area contributed by atoms with Crippen molar-refractivity contribution < 1.29 is 14.6 Å². The highest BCUT2D eigenvalue weighted by Gasteiger charge is 2.23. The van der Waals surface area contributed by atoms with Crippen molar-refractivity contribution in [3.05, 3.63) is 44.2 Å². The third kappa shape index (κ3) is 3.43. The Bertz CT molecular complexity index is 617. The average molecular weight is 281 g/mol. The maximum absolute atomic E-state index is 11.5. The molecule has 2 rings (SSSR count). The van der Waals surface area contributed by atoms with Crippen LogP contribution in [0.15, 0.2) is 27.3 Å². The Morgan fingerprint density at radius 2 is 2.25 bits per heavy atom. The first-order valence-electron chi connectivity index (χ1n) is 6.00. The van der Waals surface area contributed by atoms with Crippen LogP contribution in [-0.2, 0) is 16.1 Å². The summed E-state index contributed by atoms with van der Waals surface area (Å²) in [4.78, 5) is 40.2. The van der Waals surface area contributed by atoms with Crippen LogP contribution >= 0.6 is 0 Å². The topological polar surface area (TPSA) is 115 Å². The molecule has 0 bridgehead atoms. The number of esters is 1. The lowest BCUT2D eigenvalue weighted by Crippen LogP contribution is -2.39. The summed E-state index contributed by atoms with van der Waals surface area (Å²) in [5, 5.41) is 9.72. The molecule has 0 spiro atoms. The summed E-state index contributed by atoms with van der Waals surface area (Å²) >= 11 is 0. The molecule has 0 aliphatic carbocycles. The Morgan fingerprint density at radius 1 is 1.50 bits per heavy atom. The zero-order chi connectivity index (χ0) is 14.7. The predicted molar refractivity (Wildman–Crippen MR) is 69.1 cm³/mol. The van der Waals surface area contributed by atoms with Gasteiger partial charge in [0.25, 0.3) is 5.56 Å². The SMILES string of the molecule is COC(=O)C1=CC(O)CN(Cc2cc(=O)[nH]c(=O)[nH]2)C1. The molecule has 2 heterocycles. The number of hydrogen-bond acceptors (Lipinski definition) is 6. The molecule has 8 nitrogen and oxygen atoms in total. The number of hydrogen-bond donors (Lipinski definition) is 3. The number of aliphatic hydroxyl groups excluding tert-OH is 1. The first-order chi connectivity index (χ1) is 9.47. The van der Waals surface area contributed by atoms with Gasteiger partial charge in [0, 0.05) is 37.0 Å². The van der Waals surface area contributed by atoms with Gasteiger partial charge in [-0.1, -0.05) is 0 Å². The van der Waals surface area contributed by atoms with Crippen LogP contribution in [0.1, 0.15) is 5.69 Å². The van der Waals surface area contributed by atoms with Crippen LogP contribution in [-0.4, -0.2) is 52.2 Å². The molecule has 3 N–H and O–H groups in total. The third-order valence-electron chi connectivity index (χ3n) is 2.89. The number of carbonyl (C=O) groups is 1. The predicted octanol–water partition coefficient (Wildman–Crippen LogP) is -1.66. The Labute approximate surface area is 113 Å². The van der Waals surface area contributed by atoms with E-state index in [0.717, 1.165) is 0 Å². The van der Waals surface area contributed by atoms with Gasteiger partial charge in [-0.3, -0.25) is 14.7 Å². The van der Waals surface area contributed by atoms with Gasteiger partial charge in [0.15, 0.2) is 0 Å². The molecule has 0 aromatic carbocycles. The molecule has 1 atom stereocenters. The van der Waals surface area contributed by atoms with E-state index in [1.54, 1.807) is 4.90 Å². The van der Waals surface area contributed by atoms with E-state index in [1.807, 2.05) is 0 Å². The van der Waals surface area contributed by atoms with Gasteiger partial charge in [0.1, 0.15) is 0 Å². The van der Waals surface area contributed by atoms with Crippen molar-refractivity contribution in [2.24, 2.45) is 0 Å². The Hall–Kier alpha value is -2.19. The van der Waals surface area contributed by atoms with Crippen LogP contribution in [0.3, 0.4) is 0 Å². The van der Waals surface area contributed by atoms with E-state index in [4.69, 9.17) is 0 Å². The van der Waals surface area contributed by atoms with Crippen molar-refractivity contribution in [2.75, 3.05) is 20.2 Å². The summed E-state index contributed by atoms with van der Waals surface area (Å²) in [5.41, 5.74) is -0.325. The number of methoxy groups -OCH3 is 1. The molecule has 0 saturated carbocycles. The van der Waals surface area contributed by atoms with E-state index >= 15 is 0 Å². The standard InChI is InChI=1S/C12H15N3O5/c1-20-11(18)7-2-9(16)6-15(4-7)5-8-3-10(17)14-12(19)13-8/h2-3,9,16H,4-6H2,1H3,(H2,13,14,17,19). The second-order valence-corrected chi connectivity index (χ2v) is 4.53. The summed E-state index contributed by atoms with van der Waals surface area (Å²) in [5.74, 6) is -0.506. The molecule has 0 saturated heterocycles. The maximum Gasteiger partial charge on any atom is 0.334 e. The zero-order valence-electron chi connectivity index (χ0n) is 10.9. The summed E-state index contributed by atoms with van der Waals surface area (Å²) in [6, 6.07) is 1.27. The lowest BCUT2D eigenvalue weighted by atomic mass is 10.1. The number of rotatable bonds is 3. The zero-order valence-corrected chi connectivity index (χ0v) is 10.9. The molecule has 0 radical (unpaired) electrons. The lowest BCUT2D eigenvalue weighted by molar-refractivity contribution is -0.136. The fourth-order valence-electron chi connectivity index (χ4n) is 2.14. The normalized spacial score (nSPS) is 19.5. The van der Waals surface area contributed by atoms with Gasteiger partial charge in [-0.25, -0.2) is 9.59 Å². The quantitative estimate of drug-likeness (QED) is 0.571. The number of ether oxygens (including phenoxy) is 1. The van der Waals surface area contributed by atoms with E-state index in [-0.39, 0.29) is 13.1 Å². The molecule has 1 aromatic heterocycles. The number of nitrogens with one attached hydrogen (secondary N) is 2. The number of H-pyrrole nitrogens is 2. The van der Waals surface area contributed by atoms with E-state index in [1.165, 1.54) is 19.3 Å². The van der Waals surface area contributed by atoms with Gasteiger partial charge in [0.2, 0.25) is 0 Å². The maximum atomic E-state index is 11.5. The molecular formula is C12H15N3O5. The molecule has 1 aliphatic heterocycles. The monoisotopic (exact) mass is 281 g/mol. The number of carbonyl (C=O) groups excluding carboxylic acids is 1. The minimum Gasteiger partial charge on any atom is -0.466 e. The summed E-state index contributed by atoms with van der Waals surface area (Å²) in [7, 11) is 1.27. The smallest absolute Gasteiger partial charge is 0.334 e. The highest BCUT2D eigenvalue weighted by Crippen LogP contribution is 2.13. The van der Waals surface area contributed by atoms with Gasteiger partial charge in [-0.15, -0.1) is 0 Å². The van der Waals surface area contributed by atoms with Gasteiger partial charge >= 0.3 is 11.7 Å². The highest BCUT2D eigenvalue weighted by molar-refractivity contribution is 5.89. The first kappa shape index (κ1) is 14.2. The fraction of sp³-hybridized carbons (Fsp3) is 0.417. The molecule has 8 heteroatoms. The third-order valence-corrected chi connectivity index (χ3v) is 2.89. The second-order valence-electron chi connectivity index (χ2n) is 4.53. The molecule has 1 aromatic rings. The van der Waals surface area contributed by atoms with Crippen LogP contribution in [0, 0.1) is 0 Å². The average Bonchev–Trinajstić information content (AvgIpc) is 2.35. The van der Waals surface area contributed by atoms with E-state index in [9.17, 15) is 19.5 Å². The van der Waals surface area contributed by atoms with Crippen molar-refractivity contribution in [3.8, 4) is 0 Å².